The fourth-order valence-electron chi connectivity index (χ4n) is 3.24. The molecule has 7 heteroatoms. The van der Waals surface area contributed by atoms with Gasteiger partial charge in [-0.25, -0.2) is 0 Å². The molecule has 0 saturated carbocycles. The van der Waals surface area contributed by atoms with E-state index in [0.29, 0.717) is 46.3 Å². The minimum Gasteiger partial charge on any atom is -0.396 e. The molecule has 0 aromatic heterocycles. The summed E-state index contributed by atoms with van der Waals surface area (Å²) in [5.41, 5.74) is 4.53. The standard InChI is InChI=1S/C26H27ClN2O3S/c1-18-5-7-19(8-6-18)11-12-28-26(32)23-16-22(27)9-10-24(23)29-25(31)21-4-2-3-20(15-21)17-33-14-13-30/h2-10,15-16,30H,11-14,17H2,1H3,(H,28,32)(H,29,31). The van der Waals surface area contributed by atoms with Gasteiger partial charge in [-0.1, -0.05) is 53.6 Å². The highest BCUT2D eigenvalue weighted by Crippen LogP contribution is 2.22. The van der Waals surface area contributed by atoms with E-state index in [-0.39, 0.29) is 18.4 Å². The summed E-state index contributed by atoms with van der Waals surface area (Å²) in [7, 11) is 0. The van der Waals surface area contributed by atoms with Crippen LogP contribution in [0.25, 0.3) is 0 Å². The SMILES string of the molecule is Cc1ccc(CCNC(=O)c2cc(Cl)ccc2NC(=O)c2cccc(CSCCO)c2)cc1. The Morgan fingerprint density at radius 3 is 2.52 bits per heavy atom. The van der Waals surface area contributed by atoms with Gasteiger partial charge in [0.15, 0.2) is 0 Å². The van der Waals surface area contributed by atoms with Gasteiger partial charge in [0.1, 0.15) is 0 Å². The number of halogens is 1. The van der Waals surface area contributed by atoms with Gasteiger partial charge in [-0.2, -0.15) is 11.8 Å². The van der Waals surface area contributed by atoms with Crippen LogP contribution < -0.4 is 10.6 Å². The zero-order valence-corrected chi connectivity index (χ0v) is 20.0. The van der Waals surface area contributed by atoms with Gasteiger partial charge < -0.3 is 15.7 Å². The van der Waals surface area contributed by atoms with Crippen molar-refractivity contribution in [3.05, 3.63) is 99.6 Å². The Bertz CT molecular complexity index is 1100. The molecule has 0 radical (unpaired) electrons. The number of hydrogen-bond donors (Lipinski definition) is 3. The van der Waals surface area contributed by atoms with Crippen molar-refractivity contribution in [1.82, 2.24) is 5.32 Å². The fourth-order valence-corrected chi connectivity index (χ4v) is 4.10. The summed E-state index contributed by atoms with van der Waals surface area (Å²) in [6, 6.07) is 20.3. The van der Waals surface area contributed by atoms with Gasteiger partial charge in [-0.15, -0.1) is 0 Å². The van der Waals surface area contributed by atoms with Crippen LogP contribution in [0.4, 0.5) is 5.69 Å². The van der Waals surface area contributed by atoms with Gasteiger partial charge in [-0.05, 0) is 54.8 Å². The van der Waals surface area contributed by atoms with E-state index in [9.17, 15) is 9.59 Å². The third kappa shape index (κ3) is 7.63. The summed E-state index contributed by atoms with van der Waals surface area (Å²) in [6.45, 7) is 2.62. The lowest BCUT2D eigenvalue weighted by Crippen LogP contribution is -2.27. The van der Waals surface area contributed by atoms with Gasteiger partial charge >= 0.3 is 0 Å². The number of hydrogen-bond acceptors (Lipinski definition) is 4. The van der Waals surface area contributed by atoms with Crippen molar-refractivity contribution in [2.75, 3.05) is 24.2 Å². The van der Waals surface area contributed by atoms with Crippen LogP contribution in [0, 0.1) is 6.92 Å². The summed E-state index contributed by atoms with van der Waals surface area (Å²) in [5, 5.41) is 15.1. The number of amides is 2. The van der Waals surface area contributed by atoms with E-state index in [1.54, 1.807) is 36.0 Å². The number of aryl methyl sites for hydroxylation is 1. The first-order valence-electron chi connectivity index (χ1n) is 10.7. The predicted octanol–water partition coefficient (Wildman–Crippen LogP) is 5.10. The molecule has 0 saturated heterocycles. The topological polar surface area (TPSA) is 78.4 Å². The highest BCUT2D eigenvalue weighted by atomic mass is 35.5. The molecule has 3 N–H and O–H groups in total. The lowest BCUT2D eigenvalue weighted by atomic mass is 10.1. The fraction of sp³-hybridized carbons (Fsp3) is 0.231. The largest absolute Gasteiger partial charge is 0.396 e. The van der Waals surface area contributed by atoms with Gasteiger partial charge in [-0.3, -0.25) is 9.59 Å². The third-order valence-electron chi connectivity index (χ3n) is 4.99. The van der Waals surface area contributed by atoms with Crippen molar-refractivity contribution in [3.63, 3.8) is 0 Å². The molecule has 3 rings (SSSR count). The molecular formula is C26H27ClN2O3S. The minimum atomic E-state index is -0.306. The zero-order valence-electron chi connectivity index (χ0n) is 18.4. The first-order chi connectivity index (χ1) is 16.0. The van der Waals surface area contributed by atoms with Crippen molar-refractivity contribution in [2.24, 2.45) is 0 Å². The van der Waals surface area contributed by atoms with Crippen LogP contribution in [0.1, 0.15) is 37.4 Å². The molecule has 2 amide bonds. The quantitative estimate of drug-likeness (QED) is 0.351. The number of thioether (sulfide) groups is 1. The van der Waals surface area contributed by atoms with Crippen LogP contribution in [0.5, 0.6) is 0 Å². The van der Waals surface area contributed by atoms with Crippen LogP contribution in [0.15, 0.2) is 66.7 Å². The average molecular weight is 483 g/mol. The molecule has 0 atom stereocenters. The van der Waals surface area contributed by atoms with E-state index in [1.165, 1.54) is 5.56 Å². The second kappa shape index (κ2) is 12.4. The summed E-state index contributed by atoms with van der Waals surface area (Å²) >= 11 is 7.72. The first-order valence-corrected chi connectivity index (χ1v) is 12.2. The number of rotatable bonds is 10. The number of carbonyl (C=O) groups excluding carboxylic acids is 2. The minimum absolute atomic E-state index is 0.122. The van der Waals surface area contributed by atoms with Gasteiger partial charge in [0.05, 0.1) is 17.9 Å². The van der Waals surface area contributed by atoms with Crippen molar-refractivity contribution in [3.8, 4) is 0 Å². The predicted molar refractivity (Wildman–Crippen MR) is 136 cm³/mol. The van der Waals surface area contributed by atoms with Crippen LogP contribution in [0.3, 0.4) is 0 Å². The summed E-state index contributed by atoms with van der Waals surface area (Å²) in [5.74, 6) is 0.745. The Kier molecular flexibility index (Phi) is 9.36. The maximum absolute atomic E-state index is 12.9. The molecule has 0 fully saturated rings. The number of anilines is 1. The Labute approximate surface area is 203 Å². The second-order valence-electron chi connectivity index (χ2n) is 7.61. The molecule has 0 aliphatic rings. The molecule has 3 aromatic rings. The van der Waals surface area contributed by atoms with Crippen molar-refractivity contribution in [2.45, 2.75) is 19.1 Å². The number of aliphatic hydroxyl groups excluding tert-OH is 1. The van der Waals surface area contributed by atoms with Gasteiger partial charge in [0.25, 0.3) is 11.8 Å². The summed E-state index contributed by atoms with van der Waals surface area (Å²) < 4.78 is 0. The summed E-state index contributed by atoms with van der Waals surface area (Å²) in [4.78, 5) is 25.7. The molecule has 0 heterocycles. The number of aliphatic hydroxyl groups is 1. The van der Waals surface area contributed by atoms with E-state index >= 15 is 0 Å². The Balaban J connectivity index is 1.66. The van der Waals surface area contributed by atoms with E-state index in [4.69, 9.17) is 16.7 Å². The number of benzene rings is 3. The van der Waals surface area contributed by atoms with Crippen LogP contribution in [0.2, 0.25) is 5.02 Å². The normalized spacial score (nSPS) is 10.6. The Morgan fingerprint density at radius 2 is 1.76 bits per heavy atom. The third-order valence-corrected chi connectivity index (χ3v) is 6.23. The van der Waals surface area contributed by atoms with E-state index < -0.39 is 0 Å². The van der Waals surface area contributed by atoms with Crippen LogP contribution in [-0.4, -0.2) is 35.8 Å². The van der Waals surface area contributed by atoms with Gasteiger partial charge in [0, 0.05) is 28.6 Å². The highest BCUT2D eigenvalue weighted by molar-refractivity contribution is 7.98. The Morgan fingerprint density at radius 1 is 0.970 bits per heavy atom. The lowest BCUT2D eigenvalue weighted by Gasteiger charge is -2.13. The molecule has 0 bridgehead atoms. The number of nitrogens with one attached hydrogen (secondary N) is 2. The smallest absolute Gasteiger partial charge is 0.255 e. The van der Waals surface area contributed by atoms with Crippen molar-refractivity contribution >= 4 is 40.9 Å². The molecule has 0 unspecified atom stereocenters. The molecule has 3 aromatic carbocycles. The average Bonchev–Trinajstić information content (AvgIpc) is 2.82. The number of carbonyl (C=O) groups is 2. The van der Waals surface area contributed by atoms with Crippen LogP contribution >= 0.6 is 23.4 Å². The van der Waals surface area contributed by atoms with E-state index in [1.807, 2.05) is 49.4 Å². The molecule has 0 aliphatic heterocycles. The highest BCUT2D eigenvalue weighted by Gasteiger charge is 2.15. The van der Waals surface area contributed by atoms with Crippen LogP contribution in [-0.2, 0) is 12.2 Å². The molecule has 0 aliphatic carbocycles. The zero-order chi connectivity index (χ0) is 23.6. The van der Waals surface area contributed by atoms with E-state index in [0.717, 1.165) is 11.1 Å². The molecule has 33 heavy (non-hydrogen) atoms. The Hall–Kier alpha value is -2.80. The lowest BCUT2D eigenvalue weighted by molar-refractivity contribution is 0.0955. The van der Waals surface area contributed by atoms with Crippen molar-refractivity contribution in [1.29, 1.82) is 0 Å². The monoisotopic (exact) mass is 482 g/mol. The maximum atomic E-state index is 12.9. The maximum Gasteiger partial charge on any atom is 0.255 e. The first kappa shape index (κ1) is 24.8. The van der Waals surface area contributed by atoms with Crippen molar-refractivity contribution < 1.29 is 14.7 Å². The van der Waals surface area contributed by atoms with Gasteiger partial charge in [0.2, 0.25) is 0 Å². The molecular weight excluding hydrogens is 456 g/mol. The molecule has 5 nitrogen and oxygen atoms in total. The molecule has 0 spiro atoms. The van der Waals surface area contributed by atoms with E-state index in [2.05, 4.69) is 10.6 Å². The second-order valence-corrected chi connectivity index (χ2v) is 9.15. The summed E-state index contributed by atoms with van der Waals surface area (Å²) in [6.07, 6.45) is 0.704. The molecule has 172 valence electrons.